The summed E-state index contributed by atoms with van der Waals surface area (Å²) >= 11 is 0. The van der Waals surface area contributed by atoms with Gasteiger partial charge in [0.1, 0.15) is 6.33 Å². The minimum absolute atomic E-state index is 0.538. The van der Waals surface area contributed by atoms with Gasteiger partial charge in [-0.3, -0.25) is 0 Å². The number of hydrogen-bond acceptors (Lipinski definition) is 7. The molecule has 7 heteroatoms. The first-order valence-corrected chi connectivity index (χ1v) is 6.22. The molecule has 0 saturated carbocycles. The van der Waals surface area contributed by atoms with Crippen LogP contribution in [0.3, 0.4) is 0 Å². The molecule has 0 aliphatic rings. The second-order valence-electron chi connectivity index (χ2n) is 3.83. The summed E-state index contributed by atoms with van der Waals surface area (Å²) < 4.78 is 0. The molecule has 0 atom stereocenters. The van der Waals surface area contributed by atoms with E-state index >= 15 is 0 Å². The van der Waals surface area contributed by atoms with E-state index in [0.717, 1.165) is 18.7 Å². The molecular weight excluding hydrogens is 242 g/mol. The summed E-state index contributed by atoms with van der Waals surface area (Å²) in [5, 5.41) is 2.95. The fraction of sp³-hybridized carbons (Fsp3) is 0.417. The molecule has 0 radical (unpaired) electrons. The predicted molar refractivity (Wildman–Crippen MR) is 74.0 cm³/mol. The number of nitrogens with one attached hydrogen (secondary N) is 1. The number of anilines is 2. The van der Waals surface area contributed by atoms with Gasteiger partial charge in [-0.05, 0) is 13.8 Å². The maximum absolute atomic E-state index is 4.48. The second-order valence-corrected chi connectivity index (χ2v) is 3.83. The zero-order valence-corrected chi connectivity index (χ0v) is 11.3. The summed E-state index contributed by atoms with van der Waals surface area (Å²) in [5.74, 6) is 1.76. The third-order valence-electron chi connectivity index (χ3n) is 2.71. The third-order valence-corrected chi connectivity index (χ3v) is 2.71. The van der Waals surface area contributed by atoms with Crippen LogP contribution in [0.4, 0.5) is 11.9 Å². The van der Waals surface area contributed by atoms with Crippen LogP contribution < -0.4 is 10.2 Å². The monoisotopic (exact) mass is 259 g/mol. The SMILES string of the molecule is CCN(CC)c1nc(NC)nc(-c2cncnc2)n1. The highest BCUT2D eigenvalue weighted by Crippen LogP contribution is 2.17. The van der Waals surface area contributed by atoms with E-state index < -0.39 is 0 Å². The first kappa shape index (κ1) is 13.1. The summed E-state index contributed by atoms with van der Waals surface area (Å²) in [6.45, 7) is 5.82. The van der Waals surface area contributed by atoms with E-state index in [-0.39, 0.29) is 0 Å². The van der Waals surface area contributed by atoms with Crippen molar-refractivity contribution in [1.82, 2.24) is 24.9 Å². The molecule has 7 nitrogen and oxygen atoms in total. The molecule has 0 aromatic carbocycles. The van der Waals surface area contributed by atoms with Gasteiger partial charge in [0.15, 0.2) is 5.82 Å². The van der Waals surface area contributed by atoms with E-state index in [2.05, 4.69) is 49.0 Å². The Balaban J connectivity index is 2.47. The van der Waals surface area contributed by atoms with Crippen LogP contribution in [0.5, 0.6) is 0 Å². The zero-order chi connectivity index (χ0) is 13.7. The van der Waals surface area contributed by atoms with Crippen LogP contribution in [0.15, 0.2) is 18.7 Å². The Morgan fingerprint density at radius 1 is 1.05 bits per heavy atom. The maximum atomic E-state index is 4.48. The highest BCUT2D eigenvalue weighted by atomic mass is 15.3. The number of rotatable bonds is 5. The fourth-order valence-corrected chi connectivity index (χ4v) is 1.67. The normalized spacial score (nSPS) is 10.3. The van der Waals surface area contributed by atoms with Gasteiger partial charge in [-0.2, -0.15) is 15.0 Å². The average Bonchev–Trinajstić information content (AvgIpc) is 2.49. The van der Waals surface area contributed by atoms with Gasteiger partial charge in [-0.15, -0.1) is 0 Å². The van der Waals surface area contributed by atoms with Crippen molar-refractivity contribution in [2.45, 2.75) is 13.8 Å². The Kier molecular flexibility index (Phi) is 4.17. The van der Waals surface area contributed by atoms with Crippen molar-refractivity contribution in [3.05, 3.63) is 18.7 Å². The lowest BCUT2D eigenvalue weighted by Crippen LogP contribution is -2.25. The molecule has 2 aromatic heterocycles. The molecular formula is C12H17N7. The van der Waals surface area contributed by atoms with E-state index in [0.29, 0.717) is 17.7 Å². The smallest absolute Gasteiger partial charge is 0.230 e. The van der Waals surface area contributed by atoms with E-state index in [1.165, 1.54) is 6.33 Å². The quantitative estimate of drug-likeness (QED) is 0.864. The van der Waals surface area contributed by atoms with E-state index in [1.807, 2.05) is 0 Å². The molecule has 2 heterocycles. The summed E-state index contributed by atoms with van der Waals surface area (Å²) in [5.41, 5.74) is 0.773. The summed E-state index contributed by atoms with van der Waals surface area (Å²) in [7, 11) is 1.78. The largest absolute Gasteiger partial charge is 0.357 e. The van der Waals surface area contributed by atoms with Crippen LogP contribution in [-0.4, -0.2) is 45.1 Å². The lowest BCUT2D eigenvalue weighted by atomic mass is 10.3. The van der Waals surface area contributed by atoms with Crippen LogP contribution in [0.2, 0.25) is 0 Å². The molecule has 1 N–H and O–H groups in total. The standard InChI is InChI=1S/C12H17N7/c1-4-19(5-2)12-17-10(16-11(13-3)18-12)9-6-14-8-15-7-9/h6-8H,4-5H2,1-3H3,(H,13,16,17,18). The molecule has 0 spiro atoms. The van der Waals surface area contributed by atoms with Crippen LogP contribution in [0.25, 0.3) is 11.4 Å². The number of aromatic nitrogens is 5. The highest BCUT2D eigenvalue weighted by Gasteiger charge is 2.11. The van der Waals surface area contributed by atoms with Gasteiger partial charge in [0.2, 0.25) is 11.9 Å². The van der Waals surface area contributed by atoms with Crippen LogP contribution in [0.1, 0.15) is 13.8 Å². The molecule has 2 aromatic rings. The van der Waals surface area contributed by atoms with Gasteiger partial charge in [-0.1, -0.05) is 0 Å². The van der Waals surface area contributed by atoms with Crippen molar-refractivity contribution in [2.75, 3.05) is 30.4 Å². The van der Waals surface area contributed by atoms with Crippen molar-refractivity contribution >= 4 is 11.9 Å². The summed E-state index contributed by atoms with van der Waals surface area (Å²) in [6.07, 6.45) is 4.86. The van der Waals surface area contributed by atoms with E-state index in [9.17, 15) is 0 Å². The van der Waals surface area contributed by atoms with Gasteiger partial charge in [0.25, 0.3) is 0 Å². The minimum atomic E-state index is 0.538. The van der Waals surface area contributed by atoms with Gasteiger partial charge < -0.3 is 10.2 Å². The molecule has 0 bridgehead atoms. The second kappa shape index (κ2) is 6.03. The number of nitrogens with zero attached hydrogens (tertiary/aromatic N) is 6. The molecule has 0 unspecified atom stereocenters. The third kappa shape index (κ3) is 2.93. The molecule has 0 saturated heterocycles. The molecule has 2 rings (SSSR count). The van der Waals surface area contributed by atoms with Gasteiger partial charge in [-0.25, -0.2) is 9.97 Å². The zero-order valence-electron chi connectivity index (χ0n) is 11.3. The molecule has 0 aliphatic carbocycles. The fourth-order valence-electron chi connectivity index (χ4n) is 1.67. The Hall–Kier alpha value is -2.31. The summed E-state index contributed by atoms with van der Waals surface area (Å²) in [6, 6.07) is 0. The van der Waals surface area contributed by atoms with Crippen LogP contribution in [0, 0.1) is 0 Å². The lowest BCUT2D eigenvalue weighted by Gasteiger charge is -2.19. The molecule has 0 amide bonds. The Morgan fingerprint density at radius 3 is 2.32 bits per heavy atom. The van der Waals surface area contributed by atoms with Gasteiger partial charge in [0, 0.05) is 32.5 Å². The van der Waals surface area contributed by atoms with Crippen LogP contribution >= 0.6 is 0 Å². The van der Waals surface area contributed by atoms with Crippen molar-refractivity contribution < 1.29 is 0 Å². The predicted octanol–water partition coefficient (Wildman–Crippen LogP) is 1.22. The van der Waals surface area contributed by atoms with Gasteiger partial charge in [0.05, 0.1) is 5.56 Å². The molecule has 19 heavy (non-hydrogen) atoms. The van der Waals surface area contributed by atoms with E-state index in [4.69, 9.17) is 0 Å². The van der Waals surface area contributed by atoms with E-state index in [1.54, 1.807) is 19.4 Å². The van der Waals surface area contributed by atoms with Crippen molar-refractivity contribution in [3.8, 4) is 11.4 Å². The Morgan fingerprint density at radius 2 is 1.74 bits per heavy atom. The van der Waals surface area contributed by atoms with Gasteiger partial charge >= 0.3 is 0 Å². The Labute approximate surface area is 112 Å². The molecule has 0 aliphatic heterocycles. The summed E-state index contributed by atoms with van der Waals surface area (Å²) in [4.78, 5) is 23.2. The average molecular weight is 259 g/mol. The highest BCUT2D eigenvalue weighted by molar-refractivity contribution is 5.55. The number of hydrogen-bond donors (Lipinski definition) is 1. The maximum Gasteiger partial charge on any atom is 0.230 e. The topological polar surface area (TPSA) is 79.7 Å². The molecule has 0 fully saturated rings. The van der Waals surface area contributed by atoms with Crippen molar-refractivity contribution in [2.24, 2.45) is 0 Å². The van der Waals surface area contributed by atoms with Crippen LogP contribution in [-0.2, 0) is 0 Å². The first-order chi connectivity index (χ1) is 9.28. The minimum Gasteiger partial charge on any atom is -0.357 e. The first-order valence-electron chi connectivity index (χ1n) is 6.22. The van der Waals surface area contributed by atoms with Crippen molar-refractivity contribution in [1.29, 1.82) is 0 Å². The molecule has 100 valence electrons. The van der Waals surface area contributed by atoms with Crippen molar-refractivity contribution in [3.63, 3.8) is 0 Å². The Bertz CT molecular complexity index is 525. The lowest BCUT2D eigenvalue weighted by molar-refractivity contribution is 0.814.